The topological polar surface area (TPSA) is 65.2 Å². The van der Waals surface area contributed by atoms with Crippen molar-refractivity contribution in [2.75, 3.05) is 5.73 Å². The number of hydrogen-bond acceptors (Lipinski definition) is 4. The molecule has 0 aliphatic rings. The van der Waals surface area contributed by atoms with E-state index in [1.165, 1.54) is 18.2 Å². The maximum Gasteiger partial charge on any atom is 0.358 e. The number of esters is 1. The third kappa shape index (κ3) is 3.56. The molecule has 4 nitrogen and oxygen atoms in total. The van der Waals surface area contributed by atoms with Crippen LogP contribution in [-0.2, 0) is 11.3 Å². The lowest BCUT2D eigenvalue weighted by molar-refractivity contribution is 0.0465. The number of pyridine rings is 1. The van der Waals surface area contributed by atoms with Crippen molar-refractivity contribution in [3.05, 3.63) is 56.5 Å². The van der Waals surface area contributed by atoms with Crippen molar-refractivity contribution in [1.82, 2.24) is 4.98 Å². The van der Waals surface area contributed by atoms with Crippen LogP contribution >= 0.6 is 34.8 Å². The number of anilines is 1. The van der Waals surface area contributed by atoms with E-state index in [9.17, 15) is 9.18 Å². The maximum absolute atomic E-state index is 13.0. The first-order chi connectivity index (χ1) is 9.90. The van der Waals surface area contributed by atoms with E-state index in [1.807, 2.05) is 0 Å². The Bertz CT molecular complexity index is 710. The van der Waals surface area contributed by atoms with Crippen LogP contribution in [0.5, 0.6) is 0 Å². The highest BCUT2D eigenvalue weighted by atomic mass is 35.5. The number of hydrogen-bond donors (Lipinski definition) is 1. The molecule has 0 saturated carbocycles. The van der Waals surface area contributed by atoms with Gasteiger partial charge in [-0.3, -0.25) is 0 Å². The number of rotatable bonds is 3. The highest BCUT2D eigenvalue weighted by molar-refractivity contribution is 6.46. The van der Waals surface area contributed by atoms with Crippen molar-refractivity contribution in [2.45, 2.75) is 6.61 Å². The van der Waals surface area contributed by atoms with Crippen molar-refractivity contribution >= 4 is 46.5 Å². The van der Waals surface area contributed by atoms with Gasteiger partial charge >= 0.3 is 5.97 Å². The fourth-order valence-corrected chi connectivity index (χ4v) is 2.10. The monoisotopic (exact) mass is 348 g/mol. The van der Waals surface area contributed by atoms with Crippen molar-refractivity contribution in [2.24, 2.45) is 0 Å². The van der Waals surface area contributed by atoms with Crippen LogP contribution in [-0.4, -0.2) is 11.0 Å². The van der Waals surface area contributed by atoms with Gasteiger partial charge in [0.25, 0.3) is 0 Å². The minimum atomic E-state index is -0.838. The Morgan fingerprint density at radius 2 is 2.00 bits per heavy atom. The lowest BCUT2D eigenvalue weighted by Gasteiger charge is -2.09. The summed E-state index contributed by atoms with van der Waals surface area (Å²) in [4.78, 5) is 15.7. The Morgan fingerprint density at radius 3 is 2.67 bits per heavy atom. The van der Waals surface area contributed by atoms with Crippen molar-refractivity contribution in [3.63, 3.8) is 0 Å². The van der Waals surface area contributed by atoms with Crippen molar-refractivity contribution in [3.8, 4) is 0 Å². The second kappa shape index (κ2) is 6.47. The molecule has 110 valence electrons. The van der Waals surface area contributed by atoms with Crippen LogP contribution in [0.25, 0.3) is 0 Å². The van der Waals surface area contributed by atoms with Gasteiger partial charge in [-0.15, -0.1) is 0 Å². The summed E-state index contributed by atoms with van der Waals surface area (Å²) in [6, 6.07) is 5.63. The van der Waals surface area contributed by atoms with E-state index in [2.05, 4.69) is 4.98 Å². The lowest BCUT2D eigenvalue weighted by Crippen LogP contribution is -2.10. The zero-order valence-electron chi connectivity index (χ0n) is 10.4. The van der Waals surface area contributed by atoms with E-state index in [0.717, 1.165) is 0 Å². The summed E-state index contributed by atoms with van der Waals surface area (Å²) in [7, 11) is 0. The molecule has 2 aromatic rings. The van der Waals surface area contributed by atoms with E-state index in [0.29, 0.717) is 5.56 Å². The molecule has 0 atom stereocenters. The molecule has 0 saturated heterocycles. The van der Waals surface area contributed by atoms with Gasteiger partial charge in [0.05, 0.1) is 10.7 Å². The van der Waals surface area contributed by atoms with Gasteiger partial charge in [0, 0.05) is 0 Å². The van der Waals surface area contributed by atoms with Gasteiger partial charge in [0.15, 0.2) is 10.8 Å². The van der Waals surface area contributed by atoms with Gasteiger partial charge in [-0.2, -0.15) is 0 Å². The average molecular weight is 350 g/mol. The summed E-state index contributed by atoms with van der Waals surface area (Å²) < 4.78 is 18.0. The molecule has 1 aromatic carbocycles. The summed E-state index contributed by atoms with van der Waals surface area (Å²) in [5, 5.41) is -0.340. The molecule has 21 heavy (non-hydrogen) atoms. The molecule has 2 rings (SSSR count). The number of nitrogens with two attached hydrogens (primary N) is 1. The number of nitrogen functional groups attached to an aromatic ring is 1. The SMILES string of the molecule is Nc1c(Cl)c(Cl)nc(C(=O)OCc2cccc(F)c2)c1Cl. The van der Waals surface area contributed by atoms with E-state index >= 15 is 0 Å². The minimum Gasteiger partial charge on any atom is -0.456 e. The number of ether oxygens (including phenoxy) is 1. The Morgan fingerprint density at radius 1 is 1.29 bits per heavy atom. The van der Waals surface area contributed by atoms with Crippen molar-refractivity contribution < 1.29 is 13.9 Å². The normalized spacial score (nSPS) is 10.5. The fourth-order valence-electron chi connectivity index (χ4n) is 1.51. The summed E-state index contributed by atoms with van der Waals surface area (Å²) in [6.45, 7) is -0.144. The Hall–Kier alpha value is -1.56. The Labute approximate surface area is 134 Å². The molecule has 0 unspecified atom stereocenters. The molecule has 0 bridgehead atoms. The molecule has 0 aliphatic heterocycles. The van der Waals surface area contributed by atoms with Crippen LogP contribution in [0.15, 0.2) is 24.3 Å². The summed E-state index contributed by atoms with van der Waals surface area (Å²) in [5.74, 6) is -1.27. The Balaban J connectivity index is 2.18. The third-order valence-electron chi connectivity index (χ3n) is 2.52. The summed E-state index contributed by atoms with van der Waals surface area (Å²) >= 11 is 17.4. The van der Waals surface area contributed by atoms with Gasteiger partial charge < -0.3 is 10.5 Å². The minimum absolute atomic E-state index is 0.0386. The number of nitrogens with zero attached hydrogens (tertiary/aromatic N) is 1. The van der Waals surface area contributed by atoms with E-state index in [1.54, 1.807) is 6.07 Å². The number of halogens is 4. The fraction of sp³-hybridized carbons (Fsp3) is 0.0769. The number of carbonyl (C=O) groups is 1. The van der Waals surface area contributed by atoms with Gasteiger partial charge in [0.2, 0.25) is 0 Å². The molecule has 0 spiro atoms. The molecular formula is C13H8Cl3FN2O2. The smallest absolute Gasteiger partial charge is 0.358 e. The standard InChI is InChI=1S/C13H8Cl3FN2O2/c14-8-10(18)9(15)12(16)19-11(8)13(20)21-5-6-2-1-3-7(17)4-6/h1-4H,5H2,(H2,18,19). The molecule has 1 aromatic heterocycles. The summed E-state index contributed by atoms with van der Waals surface area (Å²) in [5.41, 5.74) is 5.77. The van der Waals surface area contributed by atoms with E-state index in [-0.39, 0.29) is 33.2 Å². The zero-order valence-corrected chi connectivity index (χ0v) is 12.6. The van der Waals surface area contributed by atoms with Gasteiger partial charge in [-0.1, -0.05) is 46.9 Å². The highest BCUT2D eigenvalue weighted by Gasteiger charge is 2.20. The van der Waals surface area contributed by atoms with Crippen LogP contribution < -0.4 is 5.73 Å². The highest BCUT2D eigenvalue weighted by Crippen LogP contribution is 2.34. The van der Waals surface area contributed by atoms with E-state index in [4.69, 9.17) is 45.3 Å². The molecule has 1 heterocycles. The van der Waals surface area contributed by atoms with Crippen LogP contribution in [0.4, 0.5) is 10.1 Å². The quantitative estimate of drug-likeness (QED) is 0.668. The third-order valence-corrected chi connectivity index (χ3v) is 3.66. The number of benzene rings is 1. The zero-order chi connectivity index (χ0) is 15.6. The first-order valence-electron chi connectivity index (χ1n) is 5.61. The average Bonchev–Trinajstić information content (AvgIpc) is 2.46. The predicted octanol–water partition coefficient (Wildman–Crippen LogP) is 4.12. The molecule has 0 aliphatic carbocycles. The van der Waals surface area contributed by atoms with Gasteiger partial charge in [-0.25, -0.2) is 14.2 Å². The van der Waals surface area contributed by atoms with Crippen LogP contribution in [0.3, 0.4) is 0 Å². The lowest BCUT2D eigenvalue weighted by atomic mass is 10.2. The molecule has 0 amide bonds. The number of aromatic nitrogens is 1. The second-order valence-corrected chi connectivity index (χ2v) is 5.11. The van der Waals surface area contributed by atoms with Gasteiger partial charge in [0.1, 0.15) is 17.4 Å². The second-order valence-electron chi connectivity index (χ2n) is 4.00. The molecule has 0 radical (unpaired) electrons. The van der Waals surface area contributed by atoms with Crippen LogP contribution in [0.2, 0.25) is 15.2 Å². The number of carbonyl (C=O) groups excluding carboxylic acids is 1. The molecule has 0 fully saturated rings. The molecule has 8 heteroatoms. The first kappa shape index (κ1) is 15.8. The van der Waals surface area contributed by atoms with Crippen molar-refractivity contribution in [1.29, 1.82) is 0 Å². The summed E-state index contributed by atoms with van der Waals surface area (Å²) in [6.07, 6.45) is 0. The Kier molecular flexibility index (Phi) is 4.88. The van der Waals surface area contributed by atoms with E-state index < -0.39 is 11.8 Å². The predicted molar refractivity (Wildman–Crippen MR) is 79.2 cm³/mol. The molecule has 2 N–H and O–H groups in total. The largest absolute Gasteiger partial charge is 0.456 e. The van der Waals surface area contributed by atoms with Crippen LogP contribution in [0.1, 0.15) is 16.1 Å². The molecular weight excluding hydrogens is 342 g/mol. The van der Waals surface area contributed by atoms with Gasteiger partial charge in [-0.05, 0) is 17.7 Å². The first-order valence-corrected chi connectivity index (χ1v) is 6.75. The van der Waals surface area contributed by atoms with Crippen LogP contribution in [0, 0.1) is 5.82 Å². The maximum atomic E-state index is 13.0.